The summed E-state index contributed by atoms with van der Waals surface area (Å²) < 4.78 is 0. The molecule has 0 aliphatic rings. The Morgan fingerprint density at radius 2 is 1.68 bits per heavy atom. The predicted octanol–water partition coefficient (Wildman–Crippen LogP) is 3.13. The van der Waals surface area contributed by atoms with Crippen molar-refractivity contribution < 1.29 is 9.59 Å². The van der Waals surface area contributed by atoms with Crippen molar-refractivity contribution in [3.63, 3.8) is 0 Å². The highest BCUT2D eigenvalue weighted by molar-refractivity contribution is 6.42. The first kappa shape index (κ1) is 15.4. The molecule has 104 valence electrons. The van der Waals surface area contributed by atoms with E-state index in [0.717, 1.165) is 19.3 Å². The molecule has 0 heterocycles. The van der Waals surface area contributed by atoms with Gasteiger partial charge in [-0.25, -0.2) is 0 Å². The third kappa shape index (κ3) is 5.25. The number of amides is 1. The maximum atomic E-state index is 11.9. The molecule has 19 heavy (non-hydrogen) atoms. The average Bonchev–Trinajstić information content (AvgIpc) is 2.34. The SMILES string of the molecule is CCCCc1ccc(C(=O)C(=O)NC(C)(C)C)cc1. The number of carbonyl (C=O) groups excluding carboxylic acids is 2. The van der Waals surface area contributed by atoms with Gasteiger partial charge in [0.05, 0.1) is 0 Å². The van der Waals surface area contributed by atoms with Gasteiger partial charge in [-0.1, -0.05) is 37.6 Å². The summed E-state index contributed by atoms with van der Waals surface area (Å²) in [5.41, 5.74) is 1.25. The number of ketones is 1. The number of hydrogen-bond acceptors (Lipinski definition) is 2. The van der Waals surface area contributed by atoms with E-state index in [1.165, 1.54) is 5.56 Å². The maximum Gasteiger partial charge on any atom is 0.292 e. The van der Waals surface area contributed by atoms with E-state index in [9.17, 15) is 9.59 Å². The standard InChI is InChI=1S/C16H23NO2/c1-5-6-7-12-8-10-13(11-9-12)14(18)15(19)17-16(2,3)4/h8-11H,5-7H2,1-4H3,(H,17,19). The summed E-state index contributed by atoms with van der Waals surface area (Å²) in [6.07, 6.45) is 3.30. The number of unbranched alkanes of at least 4 members (excludes halogenated alkanes) is 1. The number of hydrogen-bond donors (Lipinski definition) is 1. The zero-order valence-electron chi connectivity index (χ0n) is 12.2. The average molecular weight is 261 g/mol. The number of nitrogens with one attached hydrogen (secondary N) is 1. The fraction of sp³-hybridized carbons (Fsp3) is 0.500. The number of carbonyl (C=O) groups is 2. The van der Waals surface area contributed by atoms with Gasteiger partial charge in [0.2, 0.25) is 5.78 Å². The number of benzene rings is 1. The zero-order valence-corrected chi connectivity index (χ0v) is 12.2. The van der Waals surface area contributed by atoms with Crippen LogP contribution < -0.4 is 5.32 Å². The minimum atomic E-state index is -0.547. The summed E-state index contributed by atoms with van der Waals surface area (Å²) in [6, 6.07) is 7.31. The second-order valence-electron chi connectivity index (χ2n) is 5.83. The Kier molecular flexibility index (Phi) is 5.28. The van der Waals surface area contributed by atoms with Crippen LogP contribution in [0.1, 0.15) is 56.5 Å². The van der Waals surface area contributed by atoms with E-state index in [4.69, 9.17) is 0 Å². The van der Waals surface area contributed by atoms with Crippen LogP contribution in [0.3, 0.4) is 0 Å². The van der Waals surface area contributed by atoms with Gasteiger partial charge in [0, 0.05) is 11.1 Å². The summed E-state index contributed by atoms with van der Waals surface area (Å²) in [4.78, 5) is 23.7. The molecular formula is C16H23NO2. The maximum absolute atomic E-state index is 11.9. The molecule has 3 heteroatoms. The summed E-state index contributed by atoms with van der Waals surface area (Å²) in [6.45, 7) is 7.71. The fourth-order valence-electron chi connectivity index (χ4n) is 1.73. The summed E-state index contributed by atoms with van der Waals surface area (Å²) in [5.74, 6) is -1.02. The van der Waals surface area contributed by atoms with E-state index in [1.54, 1.807) is 12.1 Å². The van der Waals surface area contributed by atoms with Crippen molar-refractivity contribution in [2.24, 2.45) is 0 Å². The lowest BCUT2D eigenvalue weighted by atomic mass is 10.0. The van der Waals surface area contributed by atoms with Gasteiger partial charge in [-0.3, -0.25) is 9.59 Å². The molecule has 1 rings (SSSR count). The molecule has 0 atom stereocenters. The van der Waals surface area contributed by atoms with Gasteiger partial charge < -0.3 is 5.32 Å². The molecule has 1 N–H and O–H groups in total. The number of rotatable bonds is 5. The molecule has 0 aliphatic heterocycles. The first-order chi connectivity index (χ1) is 8.83. The van der Waals surface area contributed by atoms with Crippen LogP contribution >= 0.6 is 0 Å². The Morgan fingerprint density at radius 1 is 1.11 bits per heavy atom. The van der Waals surface area contributed by atoms with Crippen LogP contribution in [0.15, 0.2) is 24.3 Å². The summed E-state index contributed by atoms with van der Waals surface area (Å²) >= 11 is 0. The first-order valence-corrected chi connectivity index (χ1v) is 6.79. The fourth-order valence-corrected chi connectivity index (χ4v) is 1.73. The van der Waals surface area contributed by atoms with Gasteiger partial charge in [-0.05, 0) is 39.2 Å². The number of Topliss-reactive ketones (excluding diaryl/α,β-unsaturated/α-hetero) is 1. The van der Waals surface area contributed by atoms with Crippen LogP contribution in [0.25, 0.3) is 0 Å². The zero-order chi connectivity index (χ0) is 14.5. The second-order valence-corrected chi connectivity index (χ2v) is 5.83. The lowest BCUT2D eigenvalue weighted by Crippen LogP contribution is -2.44. The lowest BCUT2D eigenvalue weighted by molar-refractivity contribution is -0.118. The van der Waals surface area contributed by atoms with Gasteiger partial charge >= 0.3 is 0 Å². The van der Waals surface area contributed by atoms with E-state index in [0.29, 0.717) is 5.56 Å². The predicted molar refractivity (Wildman–Crippen MR) is 77.3 cm³/mol. The third-order valence-electron chi connectivity index (χ3n) is 2.73. The summed E-state index contributed by atoms with van der Waals surface area (Å²) in [7, 11) is 0. The van der Waals surface area contributed by atoms with Crippen molar-refractivity contribution in [2.75, 3.05) is 0 Å². The molecule has 0 saturated heterocycles. The van der Waals surface area contributed by atoms with Crippen molar-refractivity contribution in [1.82, 2.24) is 5.32 Å². The Hall–Kier alpha value is -1.64. The molecule has 1 aromatic rings. The van der Waals surface area contributed by atoms with E-state index >= 15 is 0 Å². The van der Waals surface area contributed by atoms with Crippen molar-refractivity contribution in [3.8, 4) is 0 Å². The molecule has 0 aliphatic carbocycles. The molecule has 0 unspecified atom stereocenters. The van der Waals surface area contributed by atoms with Crippen LogP contribution in [-0.4, -0.2) is 17.2 Å². The van der Waals surface area contributed by atoms with Crippen LogP contribution in [0, 0.1) is 0 Å². The van der Waals surface area contributed by atoms with Gasteiger partial charge in [0.1, 0.15) is 0 Å². The second kappa shape index (κ2) is 6.50. The molecule has 0 saturated carbocycles. The Bertz CT molecular complexity index is 441. The molecule has 0 spiro atoms. The monoisotopic (exact) mass is 261 g/mol. The first-order valence-electron chi connectivity index (χ1n) is 6.79. The van der Waals surface area contributed by atoms with Crippen LogP contribution in [-0.2, 0) is 11.2 Å². The summed E-state index contributed by atoms with van der Waals surface area (Å²) in [5, 5.41) is 2.68. The van der Waals surface area contributed by atoms with Crippen LogP contribution in [0.4, 0.5) is 0 Å². The van der Waals surface area contributed by atoms with Crippen molar-refractivity contribution in [1.29, 1.82) is 0 Å². The Morgan fingerprint density at radius 3 is 2.16 bits per heavy atom. The number of aryl methyl sites for hydroxylation is 1. The van der Waals surface area contributed by atoms with Gasteiger partial charge in [-0.15, -0.1) is 0 Å². The minimum absolute atomic E-state index is 0.395. The topological polar surface area (TPSA) is 46.2 Å². The lowest BCUT2D eigenvalue weighted by Gasteiger charge is -2.19. The molecule has 3 nitrogen and oxygen atoms in total. The molecule has 0 fully saturated rings. The minimum Gasteiger partial charge on any atom is -0.345 e. The largest absolute Gasteiger partial charge is 0.345 e. The van der Waals surface area contributed by atoms with Crippen molar-refractivity contribution >= 4 is 11.7 Å². The van der Waals surface area contributed by atoms with Gasteiger partial charge in [0.15, 0.2) is 0 Å². The van der Waals surface area contributed by atoms with E-state index in [2.05, 4.69) is 12.2 Å². The molecule has 0 bridgehead atoms. The van der Waals surface area contributed by atoms with E-state index in [-0.39, 0.29) is 0 Å². The normalized spacial score (nSPS) is 11.2. The van der Waals surface area contributed by atoms with E-state index < -0.39 is 17.2 Å². The Labute approximate surface area is 115 Å². The highest BCUT2D eigenvalue weighted by atomic mass is 16.2. The van der Waals surface area contributed by atoms with Crippen LogP contribution in [0.5, 0.6) is 0 Å². The highest BCUT2D eigenvalue weighted by Crippen LogP contribution is 2.09. The van der Waals surface area contributed by atoms with Gasteiger partial charge in [0.25, 0.3) is 5.91 Å². The molecular weight excluding hydrogens is 238 g/mol. The third-order valence-corrected chi connectivity index (χ3v) is 2.73. The van der Waals surface area contributed by atoms with E-state index in [1.807, 2.05) is 32.9 Å². The van der Waals surface area contributed by atoms with Crippen molar-refractivity contribution in [3.05, 3.63) is 35.4 Å². The molecule has 1 aromatic carbocycles. The van der Waals surface area contributed by atoms with Crippen LogP contribution in [0.2, 0.25) is 0 Å². The highest BCUT2D eigenvalue weighted by Gasteiger charge is 2.21. The molecule has 1 amide bonds. The molecule has 0 radical (unpaired) electrons. The Balaban J connectivity index is 2.70. The van der Waals surface area contributed by atoms with Gasteiger partial charge in [-0.2, -0.15) is 0 Å². The van der Waals surface area contributed by atoms with Crippen molar-refractivity contribution in [2.45, 2.75) is 52.5 Å². The smallest absolute Gasteiger partial charge is 0.292 e. The quantitative estimate of drug-likeness (QED) is 0.654. The molecule has 0 aromatic heterocycles.